The van der Waals surface area contributed by atoms with Crippen LogP contribution in [0.3, 0.4) is 0 Å². The van der Waals surface area contributed by atoms with Crippen molar-refractivity contribution in [1.82, 2.24) is 0 Å². The van der Waals surface area contributed by atoms with Crippen LogP contribution >= 0.6 is 0 Å². The Hall–Kier alpha value is -1.52. The van der Waals surface area contributed by atoms with Gasteiger partial charge in [0.2, 0.25) is 0 Å². The van der Waals surface area contributed by atoms with Gasteiger partial charge in [0.15, 0.2) is 6.10 Å². The van der Waals surface area contributed by atoms with E-state index in [1.54, 1.807) is 12.1 Å². The molecule has 1 saturated carbocycles. The molecule has 1 atom stereocenters. The first-order valence-electron chi connectivity index (χ1n) is 11.7. The second-order valence-corrected chi connectivity index (χ2v) is 8.77. The van der Waals surface area contributed by atoms with E-state index in [0.717, 1.165) is 25.2 Å². The molecule has 1 unspecified atom stereocenters. The molecular weight excluding hydrogens is 389 g/mol. The van der Waals surface area contributed by atoms with Gasteiger partial charge in [-0.3, -0.25) is 0 Å². The number of hydrogen-bond donors (Lipinski definition) is 0. The number of rotatable bonds is 11. The van der Waals surface area contributed by atoms with Crippen molar-refractivity contribution in [2.24, 2.45) is 5.92 Å². The standard InChI is InChI=1S/C25H37F3O2/c1-3-5-7-9-19-11-13-20(14-12-19)21-15-17-22(18-16-21)24(29)30-23(25(26,27)28)10-8-6-4-2/h15-20,23H,3-14H2,1-2H3. The van der Waals surface area contributed by atoms with Crippen molar-refractivity contribution in [3.63, 3.8) is 0 Å². The molecule has 1 aliphatic carbocycles. The largest absolute Gasteiger partial charge is 0.449 e. The van der Waals surface area contributed by atoms with Gasteiger partial charge in [0, 0.05) is 0 Å². The van der Waals surface area contributed by atoms with Crippen LogP contribution in [0.4, 0.5) is 13.2 Å². The minimum Gasteiger partial charge on any atom is -0.449 e. The summed E-state index contributed by atoms with van der Waals surface area (Å²) in [6, 6.07) is 7.01. The highest BCUT2D eigenvalue weighted by molar-refractivity contribution is 5.89. The zero-order valence-electron chi connectivity index (χ0n) is 18.5. The smallest absolute Gasteiger partial charge is 0.425 e. The highest BCUT2D eigenvalue weighted by Crippen LogP contribution is 2.38. The minimum atomic E-state index is -4.53. The van der Waals surface area contributed by atoms with Crippen molar-refractivity contribution in [1.29, 1.82) is 0 Å². The van der Waals surface area contributed by atoms with Crippen molar-refractivity contribution >= 4 is 5.97 Å². The number of unbranched alkanes of at least 4 members (excludes halogenated alkanes) is 4. The first kappa shape index (κ1) is 24.7. The van der Waals surface area contributed by atoms with E-state index in [1.165, 1.54) is 44.1 Å². The molecule has 0 N–H and O–H groups in total. The predicted molar refractivity (Wildman–Crippen MR) is 115 cm³/mol. The van der Waals surface area contributed by atoms with Gasteiger partial charge in [0.1, 0.15) is 0 Å². The zero-order valence-corrected chi connectivity index (χ0v) is 18.5. The SMILES string of the molecule is CCCCCC1CCC(c2ccc(C(=O)OC(CCCCC)C(F)(F)F)cc2)CC1. The Morgan fingerprint density at radius 1 is 0.967 bits per heavy atom. The van der Waals surface area contributed by atoms with Crippen molar-refractivity contribution in [3.05, 3.63) is 35.4 Å². The lowest BCUT2D eigenvalue weighted by Crippen LogP contribution is -2.33. The average Bonchev–Trinajstić information content (AvgIpc) is 2.73. The van der Waals surface area contributed by atoms with E-state index in [-0.39, 0.29) is 12.0 Å². The van der Waals surface area contributed by atoms with Crippen LogP contribution in [0.5, 0.6) is 0 Å². The third kappa shape index (κ3) is 7.96. The maximum atomic E-state index is 13.2. The fourth-order valence-electron chi connectivity index (χ4n) is 4.43. The summed E-state index contributed by atoms with van der Waals surface area (Å²) in [6.45, 7) is 4.15. The molecule has 2 rings (SSSR count). The Balaban J connectivity index is 1.88. The summed E-state index contributed by atoms with van der Waals surface area (Å²) < 4.78 is 44.4. The molecule has 0 bridgehead atoms. The number of alkyl halides is 3. The molecule has 0 aromatic heterocycles. The second kappa shape index (κ2) is 12.4. The van der Waals surface area contributed by atoms with Crippen LogP contribution in [0, 0.1) is 5.92 Å². The number of esters is 1. The molecule has 1 aromatic carbocycles. The fraction of sp³-hybridized carbons (Fsp3) is 0.720. The van der Waals surface area contributed by atoms with Gasteiger partial charge in [-0.2, -0.15) is 13.2 Å². The van der Waals surface area contributed by atoms with E-state index in [4.69, 9.17) is 4.74 Å². The van der Waals surface area contributed by atoms with Gasteiger partial charge in [0.25, 0.3) is 0 Å². The molecule has 0 spiro atoms. The van der Waals surface area contributed by atoms with E-state index in [1.807, 2.05) is 19.1 Å². The lowest BCUT2D eigenvalue weighted by molar-refractivity contribution is -0.206. The number of ether oxygens (including phenoxy) is 1. The minimum absolute atomic E-state index is 0.178. The van der Waals surface area contributed by atoms with E-state index < -0.39 is 18.2 Å². The summed E-state index contributed by atoms with van der Waals surface area (Å²) in [5.41, 5.74) is 1.37. The third-order valence-corrected chi connectivity index (χ3v) is 6.36. The molecule has 0 radical (unpaired) electrons. The van der Waals surface area contributed by atoms with Crippen LogP contribution in [0.1, 0.15) is 113 Å². The van der Waals surface area contributed by atoms with Gasteiger partial charge < -0.3 is 4.74 Å². The molecule has 1 aromatic rings. The third-order valence-electron chi connectivity index (χ3n) is 6.36. The first-order valence-corrected chi connectivity index (χ1v) is 11.7. The highest BCUT2D eigenvalue weighted by Gasteiger charge is 2.42. The van der Waals surface area contributed by atoms with Crippen molar-refractivity contribution < 1.29 is 22.7 Å². The van der Waals surface area contributed by atoms with Crippen molar-refractivity contribution in [2.45, 2.75) is 109 Å². The van der Waals surface area contributed by atoms with Gasteiger partial charge in [-0.15, -0.1) is 0 Å². The normalized spacial score (nSPS) is 20.7. The van der Waals surface area contributed by atoms with Gasteiger partial charge in [-0.05, 0) is 68.1 Å². The quantitative estimate of drug-likeness (QED) is 0.263. The Morgan fingerprint density at radius 3 is 2.13 bits per heavy atom. The predicted octanol–water partition coefficient (Wildman–Crippen LogP) is 8.21. The molecule has 5 heteroatoms. The lowest BCUT2D eigenvalue weighted by Gasteiger charge is -2.29. The monoisotopic (exact) mass is 426 g/mol. The maximum absolute atomic E-state index is 13.2. The molecule has 30 heavy (non-hydrogen) atoms. The Bertz CT molecular complexity index is 616. The number of halogens is 3. The van der Waals surface area contributed by atoms with Crippen LogP contribution in [-0.2, 0) is 4.74 Å². The van der Waals surface area contributed by atoms with Crippen molar-refractivity contribution in [3.8, 4) is 0 Å². The van der Waals surface area contributed by atoms with Crippen LogP contribution in [0.2, 0.25) is 0 Å². The number of benzene rings is 1. The molecule has 0 saturated heterocycles. The number of hydrogen-bond acceptors (Lipinski definition) is 2. The first-order chi connectivity index (χ1) is 14.3. The summed E-state index contributed by atoms with van der Waals surface area (Å²) in [5.74, 6) is 0.420. The Labute approximate surface area is 179 Å². The molecule has 170 valence electrons. The Morgan fingerprint density at radius 2 is 1.57 bits per heavy atom. The molecule has 2 nitrogen and oxygen atoms in total. The molecule has 1 fully saturated rings. The fourth-order valence-corrected chi connectivity index (χ4v) is 4.43. The van der Waals surface area contributed by atoms with Gasteiger partial charge in [0.05, 0.1) is 5.56 Å². The summed E-state index contributed by atoms with van der Waals surface area (Å²) in [5, 5.41) is 0. The van der Waals surface area contributed by atoms with Gasteiger partial charge >= 0.3 is 12.1 Å². The van der Waals surface area contributed by atoms with Crippen LogP contribution in [-0.4, -0.2) is 18.2 Å². The second-order valence-electron chi connectivity index (χ2n) is 8.77. The van der Waals surface area contributed by atoms with Crippen molar-refractivity contribution in [2.75, 3.05) is 0 Å². The van der Waals surface area contributed by atoms with E-state index >= 15 is 0 Å². The highest BCUT2D eigenvalue weighted by atomic mass is 19.4. The lowest BCUT2D eigenvalue weighted by atomic mass is 9.77. The number of carbonyl (C=O) groups excluding carboxylic acids is 1. The molecule has 0 aliphatic heterocycles. The summed E-state index contributed by atoms with van der Waals surface area (Å²) in [4.78, 5) is 12.3. The van der Waals surface area contributed by atoms with E-state index in [0.29, 0.717) is 18.8 Å². The molecule has 0 amide bonds. The molecular formula is C25H37F3O2. The summed E-state index contributed by atoms with van der Waals surface area (Å²) >= 11 is 0. The summed E-state index contributed by atoms with van der Waals surface area (Å²) in [7, 11) is 0. The molecule has 1 aliphatic rings. The van der Waals surface area contributed by atoms with E-state index in [2.05, 4.69) is 6.92 Å². The molecule has 0 heterocycles. The topological polar surface area (TPSA) is 26.3 Å². The maximum Gasteiger partial charge on any atom is 0.425 e. The van der Waals surface area contributed by atoms with Gasteiger partial charge in [-0.1, -0.05) is 64.5 Å². The summed E-state index contributed by atoms with van der Waals surface area (Å²) in [6.07, 6.45) is 5.16. The van der Waals surface area contributed by atoms with Crippen LogP contribution in [0.25, 0.3) is 0 Å². The zero-order chi connectivity index (χ0) is 22.0. The Kier molecular flexibility index (Phi) is 10.2. The van der Waals surface area contributed by atoms with E-state index in [9.17, 15) is 18.0 Å². The van der Waals surface area contributed by atoms with Crippen LogP contribution in [0.15, 0.2) is 24.3 Å². The number of carbonyl (C=O) groups is 1. The van der Waals surface area contributed by atoms with Crippen LogP contribution < -0.4 is 0 Å². The van der Waals surface area contributed by atoms with Gasteiger partial charge in [-0.25, -0.2) is 4.79 Å². The average molecular weight is 427 g/mol.